The molecule has 0 aliphatic heterocycles. The van der Waals surface area contributed by atoms with Gasteiger partial charge >= 0.3 is 5.97 Å². The molecule has 2 nitrogen and oxygen atoms in total. The summed E-state index contributed by atoms with van der Waals surface area (Å²) in [6, 6.07) is 0. The Kier molecular flexibility index (Phi) is 5.53. The van der Waals surface area contributed by atoms with Crippen LogP contribution in [0.25, 0.3) is 0 Å². The summed E-state index contributed by atoms with van der Waals surface area (Å²) in [4.78, 5) is 11.1. The number of esters is 1. The van der Waals surface area contributed by atoms with E-state index in [2.05, 4.69) is 0 Å². The van der Waals surface area contributed by atoms with Crippen molar-refractivity contribution < 1.29 is 9.53 Å². The van der Waals surface area contributed by atoms with Gasteiger partial charge in [0.15, 0.2) is 0 Å². The Morgan fingerprint density at radius 2 is 2.00 bits per heavy atom. The summed E-state index contributed by atoms with van der Waals surface area (Å²) in [5.74, 6) is -0.170. The molecule has 11 heavy (non-hydrogen) atoms. The molecule has 2 heteroatoms. The van der Waals surface area contributed by atoms with E-state index in [-0.39, 0.29) is 5.97 Å². The monoisotopic (exact) mass is 156 g/mol. The van der Waals surface area contributed by atoms with Crippen LogP contribution in [-0.4, -0.2) is 12.6 Å². The Morgan fingerprint density at radius 1 is 1.36 bits per heavy atom. The summed E-state index contributed by atoms with van der Waals surface area (Å²) >= 11 is 0. The minimum Gasteiger partial charge on any atom is -0.463 e. The zero-order valence-electron chi connectivity index (χ0n) is 7.52. The second-order valence-electron chi connectivity index (χ2n) is 2.21. The smallest absolute Gasteiger partial charge is 0.333 e. The van der Waals surface area contributed by atoms with Crippen LogP contribution < -0.4 is 0 Å². The summed E-state index contributed by atoms with van der Waals surface area (Å²) < 4.78 is 4.84. The second-order valence-corrected chi connectivity index (χ2v) is 2.21. The third kappa shape index (κ3) is 3.81. The summed E-state index contributed by atoms with van der Waals surface area (Å²) in [5.41, 5.74) is 0.786. The quantitative estimate of drug-likeness (QED) is 0.461. The molecule has 0 aliphatic carbocycles. The van der Waals surface area contributed by atoms with Crippen molar-refractivity contribution in [2.75, 3.05) is 6.61 Å². The SMILES string of the molecule is CC/C=C(/CC)C(=O)OCC. The van der Waals surface area contributed by atoms with Gasteiger partial charge < -0.3 is 4.74 Å². The summed E-state index contributed by atoms with van der Waals surface area (Å²) in [6.07, 6.45) is 3.56. The molecule has 0 radical (unpaired) electrons. The lowest BCUT2D eigenvalue weighted by Crippen LogP contribution is -2.06. The molecule has 0 saturated carbocycles. The molecule has 0 aromatic heterocycles. The Balaban J connectivity index is 4.03. The highest BCUT2D eigenvalue weighted by molar-refractivity contribution is 5.88. The molecule has 0 amide bonds. The van der Waals surface area contributed by atoms with Crippen LogP contribution in [0.5, 0.6) is 0 Å². The Hall–Kier alpha value is -0.790. The lowest BCUT2D eigenvalue weighted by atomic mass is 10.2. The first-order valence-corrected chi connectivity index (χ1v) is 4.12. The number of hydrogen-bond donors (Lipinski definition) is 0. The second kappa shape index (κ2) is 5.96. The minimum atomic E-state index is -0.170. The molecule has 0 aliphatic rings. The highest BCUT2D eigenvalue weighted by Crippen LogP contribution is 2.04. The number of carbonyl (C=O) groups is 1. The van der Waals surface area contributed by atoms with Crippen LogP contribution in [0.3, 0.4) is 0 Å². The zero-order chi connectivity index (χ0) is 8.69. The molecule has 0 saturated heterocycles. The van der Waals surface area contributed by atoms with E-state index in [1.165, 1.54) is 0 Å². The number of hydrogen-bond acceptors (Lipinski definition) is 2. The van der Waals surface area contributed by atoms with Crippen LogP contribution in [0.4, 0.5) is 0 Å². The molecule has 0 bridgehead atoms. The van der Waals surface area contributed by atoms with E-state index in [1.807, 2.05) is 26.8 Å². The Morgan fingerprint density at radius 3 is 2.36 bits per heavy atom. The first-order chi connectivity index (χ1) is 5.26. The lowest BCUT2D eigenvalue weighted by molar-refractivity contribution is -0.138. The maximum Gasteiger partial charge on any atom is 0.333 e. The number of allylic oxidation sites excluding steroid dienone is 1. The van der Waals surface area contributed by atoms with Gasteiger partial charge in [0.1, 0.15) is 0 Å². The van der Waals surface area contributed by atoms with E-state index in [9.17, 15) is 4.79 Å². The summed E-state index contributed by atoms with van der Waals surface area (Å²) in [5, 5.41) is 0. The molecule has 0 aromatic carbocycles. The Labute approximate surface area is 68.2 Å². The topological polar surface area (TPSA) is 26.3 Å². The molecule has 0 rings (SSSR count). The molecule has 0 aromatic rings. The van der Waals surface area contributed by atoms with Crippen molar-refractivity contribution in [1.29, 1.82) is 0 Å². The van der Waals surface area contributed by atoms with Crippen molar-refractivity contribution >= 4 is 5.97 Å². The molecule has 0 unspecified atom stereocenters. The maximum atomic E-state index is 11.1. The van der Waals surface area contributed by atoms with Crippen molar-refractivity contribution in [2.24, 2.45) is 0 Å². The molecule has 0 spiro atoms. The van der Waals surface area contributed by atoms with Gasteiger partial charge in [-0.3, -0.25) is 0 Å². The van der Waals surface area contributed by atoms with Crippen molar-refractivity contribution in [1.82, 2.24) is 0 Å². The van der Waals surface area contributed by atoms with Crippen LogP contribution in [0.1, 0.15) is 33.6 Å². The van der Waals surface area contributed by atoms with Crippen LogP contribution in [0, 0.1) is 0 Å². The van der Waals surface area contributed by atoms with Gasteiger partial charge in [-0.05, 0) is 19.8 Å². The van der Waals surface area contributed by atoms with Gasteiger partial charge in [-0.2, -0.15) is 0 Å². The molecule has 0 N–H and O–H groups in total. The molecule has 0 fully saturated rings. The van der Waals surface area contributed by atoms with Crippen LogP contribution >= 0.6 is 0 Å². The maximum absolute atomic E-state index is 11.1. The fourth-order valence-electron chi connectivity index (χ4n) is 0.842. The molecule has 0 heterocycles. The molecular formula is C9H16O2. The predicted molar refractivity (Wildman–Crippen MR) is 45.3 cm³/mol. The molecule has 64 valence electrons. The van der Waals surface area contributed by atoms with Gasteiger partial charge in [0, 0.05) is 5.57 Å². The van der Waals surface area contributed by atoms with Crippen molar-refractivity contribution in [3.05, 3.63) is 11.6 Å². The van der Waals surface area contributed by atoms with Gasteiger partial charge in [-0.25, -0.2) is 4.79 Å². The van der Waals surface area contributed by atoms with Crippen molar-refractivity contribution in [3.63, 3.8) is 0 Å². The number of rotatable bonds is 4. The highest BCUT2D eigenvalue weighted by Gasteiger charge is 2.05. The van der Waals surface area contributed by atoms with Crippen molar-refractivity contribution in [2.45, 2.75) is 33.6 Å². The largest absolute Gasteiger partial charge is 0.463 e. The first-order valence-electron chi connectivity index (χ1n) is 4.12. The lowest BCUT2D eigenvalue weighted by Gasteiger charge is -2.02. The Bertz CT molecular complexity index is 148. The van der Waals surface area contributed by atoms with Crippen molar-refractivity contribution in [3.8, 4) is 0 Å². The average molecular weight is 156 g/mol. The van der Waals surface area contributed by atoms with Gasteiger partial charge in [-0.15, -0.1) is 0 Å². The van der Waals surface area contributed by atoms with Crippen LogP contribution in [-0.2, 0) is 9.53 Å². The standard InChI is InChI=1S/C9H16O2/c1-4-7-8(5-2)9(10)11-6-3/h7H,4-6H2,1-3H3/b8-7-. The highest BCUT2D eigenvalue weighted by atomic mass is 16.5. The van der Waals surface area contributed by atoms with E-state index in [4.69, 9.17) is 4.74 Å². The summed E-state index contributed by atoms with van der Waals surface area (Å²) in [7, 11) is 0. The molecular weight excluding hydrogens is 140 g/mol. The van der Waals surface area contributed by atoms with Gasteiger partial charge in [0.2, 0.25) is 0 Å². The van der Waals surface area contributed by atoms with E-state index in [0.717, 1.165) is 18.4 Å². The third-order valence-electron chi connectivity index (χ3n) is 1.37. The van der Waals surface area contributed by atoms with Gasteiger partial charge in [0.25, 0.3) is 0 Å². The molecule has 0 atom stereocenters. The van der Waals surface area contributed by atoms with Gasteiger partial charge in [-0.1, -0.05) is 19.9 Å². The zero-order valence-corrected chi connectivity index (χ0v) is 7.52. The van der Waals surface area contributed by atoms with E-state index < -0.39 is 0 Å². The normalized spacial score (nSPS) is 11.4. The fourth-order valence-corrected chi connectivity index (χ4v) is 0.842. The van der Waals surface area contributed by atoms with Gasteiger partial charge in [0.05, 0.1) is 6.61 Å². The van der Waals surface area contributed by atoms with E-state index in [0.29, 0.717) is 6.61 Å². The fraction of sp³-hybridized carbons (Fsp3) is 0.667. The first kappa shape index (κ1) is 10.2. The predicted octanol–water partition coefficient (Wildman–Crippen LogP) is 2.30. The summed E-state index contributed by atoms with van der Waals surface area (Å²) in [6.45, 7) is 6.24. The van der Waals surface area contributed by atoms with E-state index in [1.54, 1.807) is 0 Å². The van der Waals surface area contributed by atoms with Crippen LogP contribution in [0.15, 0.2) is 11.6 Å². The third-order valence-corrected chi connectivity index (χ3v) is 1.37. The minimum absolute atomic E-state index is 0.170. The number of ether oxygens (including phenoxy) is 1. The van der Waals surface area contributed by atoms with Crippen LogP contribution in [0.2, 0.25) is 0 Å². The average Bonchev–Trinajstić information content (AvgIpc) is 2.00. The number of carbonyl (C=O) groups excluding carboxylic acids is 1. The van der Waals surface area contributed by atoms with E-state index >= 15 is 0 Å².